The number of amides is 1. The van der Waals surface area contributed by atoms with Crippen LogP contribution in [-0.2, 0) is 11.3 Å². The number of benzene rings is 1. The van der Waals surface area contributed by atoms with Gasteiger partial charge in [-0.25, -0.2) is 19.9 Å². The summed E-state index contributed by atoms with van der Waals surface area (Å²) in [6.45, 7) is 1.24. The predicted octanol–water partition coefficient (Wildman–Crippen LogP) is 2.50. The molecule has 8 heteroatoms. The fourth-order valence-corrected chi connectivity index (χ4v) is 3.89. The second-order valence-electron chi connectivity index (χ2n) is 7.28. The van der Waals surface area contributed by atoms with E-state index in [1.165, 1.54) is 0 Å². The van der Waals surface area contributed by atoms with Gasteiger partial charge in [0.2, 0.25) is 5.91 Å². The second kappa shape index (κ2) is 7.90. The van der Waals surface area contributed by atoms with Gasteiger partial charge in [-0.3, -0.25) is 9.36 Å². The smallest absolute Gasteiger partial charge is 0.243 e. The Kier molecular flexibility index (Phi) is 4.80. The molecule has 0 radical (unpaired) electrons. The molecule has 1 unspecified atom stereocenters. The highest BCUT2D eigenvalue weighted by atomic mass is 16.2. The van der Waals surface area contributed by atoms with Crippen molar-refractivity contribution in [3.8, 4) is 5.82 Å². The van der Waals surface area contributed by atoms with Crippen molar-refractivity contribution in [3.05, 3.63) is 73.2 Å². The van der Waals surface area contributed by atoms with Gasteiger partial charge >= 0.3 is 0 Å². The minimum absolute atomic E-state index is 0.00822. The van der Waals surface area contributed by atoms with E-state index in [4.69, 9.17) is 0 Å². The van der Waals surface area contributed by atoms with Crippen LogP contribution >= 0.6 is 0 Å². The van der Waals surface area contributed by atoms with Crippen molar-refractivity contribution in [2.24, 2.45) is 0 Å². The zero-order valence-electron chi connectivity index (χ0n) is 16.3. The first-order valence-corrected chi connectivity index (χ1v) is 9.97. The number of hydrogen-bond donors (Lipinski definition) is 1. The molecule has 1 aromatic carbocycles. The summed E-state index contributed by atoms with van der Waals surface area (Å²) >= 11 is 0. The average Bonchev–Trinajstić information content (AvgIpc) is 3.50. The molecule has 0 aliphatic carbocycles. The van der Waals surface area contributed by atoms with E-state index < -0.39 is 0 Å². The summed E-state index contributed by atoms with van der Waals surface area (Å²) in [7, 11) is 0. The first-order valence-electron chi connectivity index (χ1n) is 9.97. The number of carbonyl (C=O) groups excluding carboxylic acids is 1. The van der Waals surface area contributed by atoms with Gasteiger partial charge in [0.1, 0.15) is 30.3 Å². The minimum atomic E-state index is -0.235. The first-order chi connectivity index (χ1) is 14.8. The summed E-state index contributed by atoms with van der Waals surface area (Å²) in [5, 5.41) is 4.03. The Balaban J connectivity index is 1.28. The SMILES string of the molecule is O=C(NCc1ccc(-n2ccnc2)nc1)C1CCCN1c1ncnc2ccccc12. The Morgan fingerprint density at radius 2 is 2.07 bits per heavy atom. The van der Waals surface area contributed by atoms with Crippen molar-refractivity contribution < 1.29 is 4.79 Å². The third-order valence-electron chi connectivity index (χ3n) is 5.39. The third-order valence-corrected chi connectivity index (χ3v) is 5.39. The number of pyridine rings is 1. The fourth-order valence-electron chi connectivity index (χ4n) is 3.89. The van der Waals surface area contributed by atoms with Crippen molar-refractivity contribution in [1.29, 1.82) is 0 Å². The summed E-state index contributed by atoms with van der Waals surface area (Å²) in [5.74, 6) is 1.62. The maximum absolute atomic E-state index is 13.0. The molecule has 4 heterocycles. The number of aromatic nitrogens is 5. The van der Waals surface area contributed by atoms with Crippen LogP contribution in [0.2, 0.25) is 0 Å². The molecule has 30 heavy (non-hydrogen) atoms. The van der Waals surface area contributed by atoms with Crippen molar-refractivity contribution in [2.45, 2.75) is 25.4 Å². The topological polar surface area (TPSA) is 88.8 Å². The second-order valence-corrected chi connectivity index (χ2v) is 7.28. The quantitative estimate of drug-likeness (QED) is 0.555. The Hall–Kier alpha value is -3.81. The zero-order chi connectivity index (χ0) is 20.3. The number of nitrogens with zero attached hydrogens (tertiary/aromatic N) is 6. The van der Waals surface area contributed by atoms with E-state index in [1.54, 1.807) is 25.0 Å². The minimum Gasteiger partial charge on any atom is -0.350 e. The van der Waals surface area contributed by atoms with Gasteiger partial charge in [0.15, 0.2) is 0 Å². The molecule has 0 spiro atoms. The van der Waals surface area contributed by atoms with Gasteiger partial charge in [-0.05, 0) is 36.6 Å². The Morgan fingerprint density at radius 3 is 2.90 bits per heavy atom. The normalized spacial score (nSPS) is 16.1. The molecule has 1 aliphatic heterocycles. The van der Waals surface area contributed by atoms with Gasteiger partial charge in [-0.15, -0.1) is 0 Å². The first kappa shape index (κ1) is 18.2. The van der Waals surface area contributed by atoms with Gasteiger partial charge in [-0.1, -0.05) is 18.2 Å². The van der Waals surface area contributed by atoms with Gasteiger partial charge in [0, 0.05) is 37.1 Å². The van der Waals surface area contributed by atoms with Crippen LogP contribution in [-0.4, -0.2) is 43.0 Å². The van der Waals surface area contributed by atoms with Crippen LogP contribution in [0.15, 0.2) is 67.6 Å². The largest absolute Gasteiger partial charge is 0.350 e. The molecule has 1 aliphatic rings. The molecular formula is C22H21N7O. The van der Waals surface area contributed by atoms with E-state index >= 15 is 0 Å². The van der Waals surface area contributed by atoms with Crippen LogP contribution < -0.4 is 10.2 Å². The summed E-state index contributed by atoms with van der Waals surface area (Å²) in [6.07, 6.45) is 10.4. The number of fused-ring (bicyclic) bond motifs is 1. The van der Waals surface area contributed by atoms with E-state index in [2.05, 4.69) is 30.2 Å². The van der Waals surface area contributed by atoms with E-state index in [9.17, 15) is 4.79 Å². The Labute approximate surface area is 173 Å². The van der Waals surface area contributed by atoms with E-state index in [0.717, 1.165) is 47.5 Å². The molecule has 1 atom stereocenters. The summed E-state index contributed by atoms with van der Waals surface area (Å²) in [5.41, 5.74) is 1.84. The Bertz CT molecular complexity index is 1150. The maximum Gasteiger partial charge on any atom is 0.243 e. The third kappa shape index (κ3) is 3.47. The standard InChI is InChI=1S/C22H21N7O/c30-22(25-13-16-7-8-20(24-12-16)28-11-9-23-15-28)19-6-3-10-29(19)21-17-4-1-2-5-18(17)26-14-27-21/h1-2,4-5,7-9,11-12,14-15,19H,3,6,10,13H2,(H,25,30). The zero-order valence-corrected chi connectivity index (χ0v) is 16.3. The number of carbonyl (C=O) groups is 1. The molecule has 0 saturated carbocycles. The number of anilines is 1. The lowest BCUT2D eigenvalue weighted by Crippen LogP contribution is -2.43. The highest BCUT2D eigenvalue weighted by Gasteiger charge is 2.32. The fraction of sp³-hybridized carbons (Fsp3) is 0.227. The Morgan fingerprint density at radius 1 is 1.13 bits per heavy atom. The predicted molar refractivity (Wildman–Crippen MR) is 113 cm³/mol. The molecule has 5 rings (SSSR count). The molecule has 3 aromatic heterocycles. The molecule has 150 valence electrons. The van der Waals surface area contributed by atoms with Crippen molar-refractivity contribution in [2.75, 3.05) is 11.4 Å². The van der Waals surface area contributed by atoms with Crippen LogP contribution in [0.3, 0.4) is 0 Å². The molecule has 0 bridgehead atoms. The van der Waals surface area contributed by atoms with Crippen molar-refractivity contribution in [1.82, 2.24) is 29.8 Å². The van der Waals surface area contributed by atoms with Gasteiger partial charge in [-0.2, -0.15) is 0 Å². The lowest BCUT2D eigenvalue weighted by molar-refractivity contribution is -0.122. The van der Waals surface area contributed by atoms with E-state index in [0.29, 0.717) is 6.54 Å². The average molecular weight is 399 g/mol. The summed E-state index contributed by atoms with van der Waals surface area (Å²) in [4.78, 5) is 32.4. The van der Waals surface area contributed by atoms with Crippen LogP contribution in [0.25, 0.3) is 16.7 Å². The van der Waals surface area contributed by atoms with E-state index in [1.807, 2.05) is 47.2 Å². The lowest BCUT2D eigenvalue weighted by Gasteiger charge is -2.25. The van der Waals surface area contributed by atoms with Crippen LogP contribution in [0.5, 0.6) is 0 Å². The highest BCUT2D eigenvalue weighted by Crippen LogP contribution is 2.29. The van der Waals surface area contributed by atoms with Crippen molar-refractivity contribution in [3.63, 3.8) is 0 Å². The van der Waals surface area contributed by atoms with E-state index in [-0.39, 0.29) is 11.9 Å². The number of imidazole rings is 1. The van der Waals surface area contributed by atoms with Crippen LogP contribution in [0.1, 0.15) is 18.4 Å². The van der Waals surface area contributed by atoms with Crippen molar-refractivity contribution >= 4 is 22.6 Å². The highest BCUT2D eigenvalue weighted by molar-refractivity contribution is 5.93. The monoisotopic (exact) mass is 399 g/mol. The molecule has 4 aromatic rings. The summed E-state index contributed by atoms with van der Waals surface area (Å²) in [6, 6.07) is 11.5. The van der Waals surface area contributed by atoms with Crippen LogP contribution in [0.4, 0.5) is 5.82 Å². The van der Waals surface area contributed by atoms with Crippen LogP contribution in [0, 0.1) is 0 Å². The number of hydrogen-bond acceptors (Lipinski definition) is 6. The molecule has 1 saturated heterocycles. The molecule has 1 N–H and O–H groups in total. The maximum atomic E-state index is 13.0. The number of rotatable bonds is 5. The molecule has 8 nitrogen and oxygen atoms in total. The summed E-state index contributed by atoms with van der Waals surface area (Å²) < 4.78 is 1.84. The van der Waals surface area contributed by atoms with Gasteiger partial charge in [0.05, 0.1) is 5.52 Å². The molecule has 1 amide bonds. The molecular weight excluding hydrogens is 378 g/mol. The lowest BCUT2D eigenvalue weighted by atomic mass is 10.1. The number of para-hydroxylation sites is 1. The number of nitrogens with one attached hydrogen (secondary N) is 1. The molecule has 1 fully saturated rings. The van der Waals surface area contributed by atoms with Gasteiger partial charge in [0.25, 0.3) is 0 Å². The van der Waals surface area contributed by atoms with Gasteiger partial charge < -0.3 is 10.2 Å².